The Kier molecular flexibility index (Phi) is 6.53. The summed E-state index contributed by atoms with van der Waals surface area (Å²) >= 11 is 5.88. The van der Waals surface area contributed by atoms with Crippen molar-refractivity contribution in [3.05, 3.63) is 64.7 Å². The maximum atomic E-state index is 12.6. The van der Waals surface area contributed by atoms with Crippen LogP contribution in [0, 0.1) is 0 Å². The third-order valence-corrected chi connectivity index (χ3v) is 5.69. The second-order valence-corrected chi connectivity index (χ2v) is 8.39. The summed E-state index contributed by atoms with van der Waals surface area (Å²) in [5.41, 5.74) is 1.75. The van der Waals surface area contributed by atoms with Crippen LogP contribution in [0.4, 0.5) is 5.69 Å². The van der Waals surface area contributed by atoms with Gasteiger partial charge in [0.05, 0.1) is 6.54 Å². The molecule has 1 aliphatic carbocycles. The van der Waals surface area contributed by atoms with Gasteiger partial charge in [-0.3, -0.25) is 19.3 Å². The number of benzene rings is 2. The van der Waals surface area contributed by atoms with E-state index in [9.17, 15) is 14.4 Å². The topological polar surface area (TPSA) is 81.8 Å². The van der Waals surface area contributed by atoms with Crippen molar-refractivity contribution in [3.8, 4) is 0 Å². The lowest BCUT2D eigenvalue weighted by molar-refractivity contribution is -0.117. The second-order valence-electron chi connectivity index (χ2n) is 7.95. The second kappa shape index (κ2) is 9.49. The zero-order chi connectivity index (χ0) is 21.8. The lowest BCUT2D eigenvalue weighted by atomic mass is 10.1. The van der Waals surface area contributed by atoms with Crippen LogP contribution in [0.2, 0.25) is 5.02 Å². The minimum Gasteiger partial charge on any atom is -0.349 e. The third kappa shape index (κ3) is 5.83. The fourth-order valence-electron chi connectivity index (χ4n) is 3.52. The standard InChI is InChI=1S/C23H25ClN4O3/c24-18-6-4-16(5-7-18)23(31)28-12-10-27(11-13-28)15-21(29)25-20-3-1-2-17(14-20)22(30)26-19-8-9-19/h1-7,14,19H,8-13,15H2,(H,25,29)(H,26,30). The first kappa shape index (κ1) is 21.3. The zero-order valence-electron chi connectivity index (χ0n) is 17.1. The van der Waals surface area contributed by atoms with E-state index in [0.29, 0.717) is 48.0 Å². The fourth-order valence-corrected chi connectivity index (χ4v) is 3.65. The highest BCUT2D eigenvalue weighted by Crippen LogP contribution is 2.20. The SMILES string of the molecule is O=C(CN1CCN(C(=O)c2ccc(Cl)cc2)CC1)Nc1cccc(C(=O)NC2CC2)c1. The smallest absolute Gasteiger partial charge is 0.253 e. The minimum atomic E-state index is -0.141. The summed E-state index contributed by atoms with van der Waals surface area (Å²) in [5, 5.41) is 6.41. The highest BCUT2D eigenvalue weighted by Gasteiger charge is 2.25. The first-order chi connectivity index (χ1) is 15.0. The van der Waals surface area contributed by atoms with Crippen molar-refractivity contribution in [1.29, 1.82) is 0 Å². The van der Waals surface area contributed by atoms with Gasteiger partial charge in [0.1, 0.15) is 0 Å². The van der Waals surface area contributed by atoms with Gasteiger partial charge < -0.3 is 15.5 Å². The van der Waals surface area contributed by atoms with Gasteiger partial charge in [-0.2, -0.15) is 0 Å². The summed E-state index contributed by atoms with van der Waals surface area (Å²) in [4.78, 5) is 41.1. The number of carbonyl (C=O) groups is 3. The van der Waals surface area contributed by atoms with E-state index in [1.807, 2.05) is 4.90 Å². The van der Waals surface area contributed by atoms with Gasteiger partial charge in [-0.05, 0) is 55.3 Å². The maximum Gasteiger partial charge on any atom is 0.253 e. The summed E-state index contributed by atoms with van der Waals surface area (Å²) in [7, 11) is 0. The van der Waals surface area contributed by atoms with Crippen LogP contribution in [0.1, 0.15) is 33.6 Å². The molecule has 2 aliphatic rings. The largest absolute Gasteiger partial charge is 0.349 e. The molecule has 2 aromatic rings. The number of hydrogen-bond acceptors (Lipinski definition) is 4. The van der Waals surface area contributed by atoms with Crippen LogP contribution in [0.3, 0.4) is 0 Å². The van der Waals surface area contributed by atoms with E-state index in [4.69, 9.17) is 11.6 Å². The Morgan fingerprint density at radius 1 is 0.935 bits per heavy atom. The molecule has 31 heavy (non-hydrogen) atoms. The number of halogens is 1. The van der Waals surface area contributed by atoms with Crippen LogP contribution in [0.15, 0.2) is 48.5 Å². The molecule has 2 fully saturated rings. The van der Waals surface area contributed by atoms with Crippen LogP contribution in [0.5, 0.6) is 0 Å². The molecule has 2 aromatic carbocycles. The van der Waals surface area contributed by atoms with Crippen LogP contribution >= 0.6 is 11.6 Å². The van der Waals surface area contributed by atoms with E-state index >= 15 is 0 Å². The molecule has 1 saturated carbocycles. The van der Waals surface area contributed by atoms with E-state index in [1.54, 1.807) is 53.4 Å². The van der Waals surface area contributed by atoms with Crippen LogP contribution in [0.25, 0.3) is 0 Å². The monoisotopic (exact) mass is 440 g/mol. The molecular weight excluding hydrogens is 416 g/mol. The summed E-state index contributed by atoms with van der Waals surface area (Å²) in [5.74, 6) is -0.278. The van der Waals surface area contributed by atoms with Crippen molar-refractivity contribution in [1.82, 2.24) is 15.1 Å². The minimum absolute atomic E-state index is 0.0259. The van der Waals surface area contributed by atoms with E-state index in [0.717, 1.165) is 12.8 Å². The van der Waals surface area contributed by atoms with Gasteiger partial charge in [-0.15, -0.1) is 0 Å². The summed E-state index contributed by atoms with van der Waals surface area (Å²) in [6, 6.07) is 14.1. The molecule has 0 aromatic heterocycles. The predicted molar refractivity (Wildman–Crippen MR) is 119 cm³/mol. The number of amides is 3. The number of nitrogens with one attached hydrogen (secondary N) is 2. The van der Waals surface area contributed by atoms with Crippen molar-refractivity contribution in [3.63, 3.8) is 0 Å². The van der Waals surface area contributed by atoms with Gasteiger partial charge in [-0.25, -0.2) is 0 Å². The Balaban J connectivity index is 1.25. The van der Waals surface area contributed by atoms with Gasteiger partial charge in [-0.1, -0.05) is 17.7 Å². The third-order valence-electron chi connectivity index (χ3n) is 5.44. The van der Waals surface area contributed by atoms with E-state index in [-0.39, 0.29) is 30.3 Å². The molecule has 0 radical (unpaired) electrons. The lowest BCUT2D eigenvalue weighted by Gasteiger charge is -2.34. The molecule has 1 saturated heterocycles. The first-order valence-electron chi connectivity index (χ1n) is 10.5. The van der Waals surface area contributed by atoms with Crippen molar-refractivity contribution in [2.24, 2.45) is 0 Å². The van der Waals surface area contributed by atoms with Crippen LogP contribution in [-0.4, -0.2) is 66.3 Å². The molecule has 0 spiro atoms. The number of piperazine rings is 1. The van der Waals surface area contributed by atoms with Crippen LogP contribution < -0.4 is 10.6 Å². The highest BCUT2D eigenvalue weighted by atomic mass is 35.5. The van der Waals surface area contributed by atoms with Crippen molar-refractivity contribution in [2.75, 3.05) is 38.0 Å². The van der Waals surface area contributed by atoms with Crippen molar-refractivity contribution < 1.29 is 14.4 Å². The summed E-state index contributed by atoms with van der Waals surface area (Å²) in [6.45, 7) is 2.60. The average Bonchev–Trinajstić information content (AvgIpc) is 3.58. The van der Waals surface area contributed by atoms with Crippen molar-refractivity contribution >= 4 is 35.0 Å². The number of anilines is 1. The Morgan fingerprint density at radius 2 is 1.65 bits per heavy atom. The fraction of sp³-hybridized carbons (Fsp3) is 0.348. The van der Waals surface area contributed by atoms with Gasteiger partial charge in [0, 0.05) is 54.1 Å². The molecular formula is C23H25ClN4O3. The number of rotatable bonds is 6. The molecule has 1 heterocycles. The predicted octanol–water partition coefficient (Wildman–Crippen LogP) is 2.63. The average molecular weight is 441 g/mol. The Labute approximate surface area is 186 Å². The lowest BCUT2D eigenvalue weighted by Crippen LogP contribution is -2.50. The van der Waals surface area contributed by atoms with Gasteiger partial charge in [0.2, 0.25) is 5.91 Å². The molecule has 3 amide bonds. The van der Waals surface area contributed by atoms with Gasteiger partial charge in [0.15, 0.2) is 0 Å². The van der Waals surface area contributed by atoms with Gasteiger partial charge in [0.25, 0.3) is 11.8 Å². The molecule has 2 N–H and O–H groups in total. The first-order valence-corrected chi connectivity index (χ1v) is 10.8. The number of hydrogen-bond donors (Lipinski definition) is 2. The highest BCUT2D eigenvalue weighted by molar-refractivity contribution is 6.30. The van der Waals surface area contributed by atoms with Crippen LogP contribution in [-0.2, 0) is 4.79 Å². The molecule has 1 aliphatic heterocycles. The molecule has 0 atom stereocenters. The zero-order valence-corrected chi connectivity index (χ0v) is 17.9. The van der Waals surface area contributed by atoms with E-state index < -0.39 is 0 Å². The maximum absolute atomic E-state index is 12.6. The molecule has 8 heteroatoms. The Morgan fingerprint density at radius 3 is 2.32 bits per heavy atom. The molecule has 7 nitrogen and oxygen atoms in total. The Hall–Kier alpha value is -2.90. The molecule has 0 unspecified atom stereocenters. The van der Waals surface area contributed by atoms with E-state index in [1.165, 1.54) is 0 Å². The normalized spacial score (nSPS) is 16.6. The summed E-state index contributed by atoms with van der Waals surface area (Å²) < 4.78 is 0. The molecule has 4 rings (SSSR count). The molecule has 0 bridgehead atoms. The number of carbonyl (C=O) groups excluding carboxylic acids is 3. The summed E-state index contributed by atoms with van der Waals surface area (Å²) in [6.07, 6.45) is 2.06. The molecule has 162 valence electrons. The van der Waals surface area contributed by atoms with Crippen molar-refractivity contribution in [2.45, 2.75) is 18.9 Å². The Bertz CT molecular complexity index is 967. The quantitative estimate of drug-likeness (QED) is 0.723. The van der Waals surface area contributed by atoms with E-state index in [2.05, 4.69) is 10.6 Å². The van der Waals surface area contributed by atoms with Gasteiger partial charge >= 0.3 is 0 Å². The number of nitrogens with zero attached hydrogens (tertiary/aromatic N) is 2.